The maximum Gasteiger partial charge on any atom is 0.253 e. The third kappa shape index (κ3) is 1.66. The molecule has 0 aromatic carbocycles. The highest BCUT2D eigenvalue weighted by atomic mass is 16.2. The van der Waals surface area contributed by atoms with Crippen LogP contribution >= 0.6 is 0 Å². The van der Waals surface area contributed by atoms with Gasteiger partial charge in [0.15, 0.2) is 0 Å². The van der Waals surface area contributed by atoms with Crippen molar-refractivity contribution in [3.8, 4) is 0 Å². The topological polar surface area (TPSA) is 54.5 Å². The molecule has 4 nitrogen and oxygen atoms in total. The molecule has 4 heteroatoms. The number of imide groups is 1. The zero-order chi connectivity index (χ0) is 10.0. The largest absolute Gasteiger partial charge is 0.303 e. The quantitative estimate of drug-likeness (QED) is 0.459. The van der Waals surface area contributed by atoms with Gasteiger partial charge in [-0.25, -0.2) is 0 Å². The summed E-state index contributed by atoms with van der Waals surface area (Å²) in [6, 6.07) is -0.368. The second kappa shape index (κ2) is 3.51. The van der Waals surface area contributed by atoms with Crippen molar-refractivity contribution in [1.29, 1.82) is 0 Å². The fourth-order valence-corrected chi connectivity index (χ4v) is 1.16. The molecule has 0 N–H and O–H groups in total. The first kappa shape index (κ1) is 9.64. The molecule has 1 rings (SSSR count). The Bertz CT molecular complexity index is 265. The number of carbonyl (C=O) groups is 3. The maximum absolute atomic E-state index is 11.1. The molecule has 0 radical (unpaired) electrons. The molecular weight excluding hydrogens is 170 g/mol. The molecule has 0 saturated carbocycles. The molecule has 2 atom stereocenters. The van der Waals surface area contributed by atoms with Gasteiger partial charge in [0, 0.05) is 24.1 Å². The van der Waals surface area contributed by atoms with Gasteiger partial charge in [0.25, 0.3) is 11.8 Å². The van der Waals surface area contributed by atoms with Crippen molar-refractivity contribution in [3.63, 3.8) is 0 Å². The lowest BCUT2D eigenvalue weighted by Crippen LogP contribution is -2.42. The normalized spacial score (nSPS) is 20.6. The molecule has 1 aliphatic rings. The van der Waals surface area contributed by atoms with E-state index in [4.69, 9.17) is 0 Å². The van der Waals surface area contributed by atoms with Crippen LogP contribution in [0.25, 0.3) is 0 Å². The van der Waals surface area contributed by atoms with Crippen LogP contribution in [0.3, 0.4) is 0 Å². The van der Waals surface area contributed by atoms with Crippen LogP contribution in [0, 0.1) is 5.92 Å². The van der Waals surface area contributed by atoms with Crippen molar-refractivity contribution < 1.29 is 14.4 Å². The fourth-order valence-electron chi connectivity index (χ4n) is 1.16. The standard InChI is InChI=1S/C9H11NO3/c1-6(5-11)7(2)10-8(12)3-4-9(10)13/h3-7H,1-2H3. The average molecular weight is 181 g/mol. The van der Waals surface area contributed by atoms with Gasteiger partial charge in [0.1, 0.15) is 6.29 Å². The predicted molar refractivity (Wildman–Crippen MR) is 45.7 cm³/mol. The van der Waals surface area contributed by atoms with Crippen molar-refractivity contribution in [1.82, 2.24) is 4.90 Å². The molecule has 0 fully saturated rings. The Morgan fingerprint density at radius 3 is 2.08 bits per heavy atom. The van der Waals surface area contributed by atoms with Gasteiger partial charge in [0.2, 0.25) is 0 Å². The average Bonchev–Trinajstić information content (AvgIpc) is 2.44. The molecule has 0 aromatic rings. The van der Waals surface area contributed by atoms with Crippen LogP contribution in [0.1, 0.15) is 13.8 Å². The summed E-state index contributed by atoms with van der Waals surface area (Å²) in [6.45, 7) is 3.36. The smallest absolute Gasteiger partial charge is 0.253 e. The minimum absolute atomic E-state index is 0.326. The summed E-state index contributed by atoms with van der Waals surface area (Å²) in [4.78, 5) is 33.8. The summed E-state index contributed by atoms with van der Waals surface area (Å²) in [7, 11) is 0. The first-order chi connectivity index (χ1) is 6.07. The van der Waals surface area contributed by atoms with Crippen LogP contribution in [-0.4, -0.2) is 29.0 Å². The summed E-state index contributed by atoms with van der Waals surface area (Å²) in [5.74, 6) is -1.01. The van der Waals surface area contributed by atoms with E-state index in [2.05, 4.69) is 0 Å². The summed E-state index contributed by atoms with van der Waals surface area (Å²) in [6.07, 6.45) is 3.18. The van der Waals surface area contributed by atoms with Gasteiger partial charge < -0.3 is 4.79 Å². The van der Waals surface area contributed by atoms with E-state index in [1.165, 1.54) is 12.2 Å². The molecule has 0 saturated heterocycles. The molecule has 0 aromatic heterocycles. The Morgan fingerprint density at radius 1 is 1.23 bits per heavy atom. The molecule has 13 heavy (non-hydrogen) atoms. The van der Waals surface area contributed by atoms with Gasteiger partial charge in [-0.1, -0.05) is 6.92 Å². The lowest BCUT2D eigenvalue weighted by Gasteiger charge is -2.24. The Labute approximate surface area is 76.2 Å². The highest BCUT2D eigenvalue weighted by Gasteiger charge is 2.31. The van der Waals surface area contributed by atoms with Crippen molar-refractivity contribution in [2.45, 2.75) is 19.9 Å². The number of hydrogen-bond acceptors (Lipinski definition) is 3. The van der Waals surface area contributed by atoms with E-state index in [-0.39, 0.29) is 23.8 Å². The lowest BCUT2D eigenvalue weighted by molar-refractivity contribution is -0.140. The molecular formula is C9H11NO3. The first-order valence-electron chi connectivity index (χ1n) is 4.08. The van der Waals surface area contributed by atoms with E-state index in [0.29, 0.717) is 0 Å². The molecule has 0 bridgehead atoms. The van der Waals surface area contributed by atoms with Crippen LogP contribution in [0.4, 0.5) is 0 Å². The van der Waals surface area contributed by atoms with Gasteiger partial charge in [-0.3, -0.25) is 14.5 Å². The monoisotopic (exact) mass is 181 g/mol. The number of rotatable bonds is 3. The van der Waals surface area contributed by atoms with Crippen LogP contribution < -0.4 is 0 Å². The van der Waals surface area contributed by atoms with Gasteiger partial charge in [0.05, 0.1) is 0 Å². The van der Waals surface area contributed by atoms with Crippen LogP contribution in [0.2, 0.25) is 0 Å². The highest BCUT2D eigenvalue weighted by molar-refractivity contribution is 6.13. The highest BCUT2D eigenvalue weighted by Crippen LogP contribution is 2.14. The van der Waals surface area contributed by atoms with E-state index in [9.17, 15) is 14.4 Å². The predicted octanol–water partition coefficient (Wildman–Crippen LogP) is 0.135. The van der Waals surface area contributed by atoms with Crippen molar-refractivity contribution in [3.05, 3.63) is 12.2 Å². The molecule has 1 aliphatic heterocycles. The fraction of sp³-hybridized carbons (Fsp3) is 0.444. The van der Waals surface area contributed by atoms with Crippen LogP contribution in [-0.2, 0) is 14.4 Å². The number of aldehydes is 1. The van der Waals surface area contributed by atoms with E-state index in [0.717, 1.165) is 11.2 Å². The molecule has 70 valence electrons. The van der Waals surface area contributed by atoms with E-state index >= 15 is 0 Å². The Morgan fingerprint density at radius 2 is 1.69 bits per heavy atom. The van der Waals surface area contributed by atoms with Crippen molar-refractivity contribution in [2.24, 2.45) is 5.92 Å². The van der Waals surface area contributed by atoms with Gasteiger partial charge in [-0.2, -0.15) is 0 Å². The molecule has 2 amide bonds. The van der Waals surface area contributed by atoms with Crippen LogP contribution in [0.5, 0.6) is 0 Å². The molecule has 1 heterocycles. The summed E-state index contributed by atoms with van der Waals surface area (Å²) < 4.78 is 0. The summed E-state index contributed by atoms with van der Waals surface area (Å²) >= 11 is 0. The third-order valence-electron chi connectivity index (χ3n) is 2.23. The number of amides is 2. The lowest BCUT2D eigenvalue weighted by atomic mass is 10.0. The summed E-state index contributed by atoms with van der Waals surface area (Å²) in [5, 5.41) is 0. The Kier molecular flexibility index (Phi) is 2.60. The van der Waals surface area contributed by atoms with Gasteiger partial charge in [-0.05, 0) is 6.92 Å². The zero-order valence-electron chi connectivity index (χ0n) is 7.56. The van der Waals surface area contributed by atoms with E-state index in [1.54, 1.807) is 13.8 Å². The van der Waals surface area contributed by atoms with Crippen LogP contribution in [0.15, 0.2) is 12.2 Å². The first-order valence-corrected chi connectivity index (χ1v) is 4.08. The van der Waals surface area contributed by atoms with Gasteiger partial charge >= 0.3 is 0 Å². The second-order valence-corrected chi connectivity index (χ2v) is 3.12. The molecule has 0 spiro atoms. The third-order valence-corrected chi connectivity index (χ3v) is 2.23. The number of carbonyl (C=O) groups excluding carboxylic acids is 3. The molecule has 0 aliphatic carbocycles. The van der Waals surface area contributed by atoms with Gasteiger partial charge in [-0.15, -0.1) is 0 Å². The zero-order valence-corrected chi connectivity index (χ0v) is 7.56. The van der Waals surface area contributed by atoms with Crippen molar-refractivity contribution in [2.75, 3.05) is 0 Å². The minimum Gasteiger partial charge on any atom is -0.303 e. The number of nitrogens with zero attached hydrogens (tertiary/aromatic N) is 1. The minimum atomic E-state index is -0.368. The second-order valence-electron chi connectivity index (χ2n) is 3.12. The number of hydrogen-bond donors (Lipinski definition) is 0. The molecule has 2 unspecified atom stereocenters. The van der Waals surface area contributed by atoms with E-state index < -0.39 is 0 Å². The SMILES string of the molecule is CC(C=O)C(C)N1C(=O)C=CC1=O. The Hall–Kier alpha value is -1.45. The van der Waals surface area contributed by atoms with E-state index in [1.807, 2.05) is 0 Å². The van der Waals surface area contributed by atoms with Crippen molar-refractivity contribution >= 4 is 18.1 Å². The Balaban J connectivity index is 2.77. The summed E-state index contributed by atoms with van der Waals surface area (Å²) in [5.41, 5.74) is 0. The maximum atomic E-state index is 11.1.